The standard InChI is InChI=1S/C18H17ClN2O5S/c1-3-8-20(10-14-5-7-16(19)27-14)17(22)11-26-18(23)13-4-6-15(21(24)25)12(2)9-13/h3-7,9H,1,8,10-11H2,2H3. The van der Waals surface area contributed by atoms with Crippen LogP contribution in [-0.2, 0) is 16.1 Å². The van der Waals surface area contributed by atoms with Gasteiger partial charge in [-0.05, 0) is 31.2 Å². The van der Waals surface area contributed by atoms with E-state index in [1.54, 1.807) is 12.1 Å². The highest BCUT2D eigenvalue weighted by Gasteiger charge is 2.18. The number of carbonyl (C=O) groups is 2. The van der Waals surface area contributed by atoms with E-state index in [2.05, 4.69) is 6.58 Å². The number of amides is 1. The third kappa shape index (κ3) is 5.63. The van der Waals surface area contributed by atoms with Crippen LogP contribution in [0.3, 0.4) is 0 Å². The van der Waals surface area contributed by atoms with E-state index in [1.807, 2.05) is 6.07 Å². The maximum absolute atomic E-state index is 12.4. The van der Waals surface area contributed by atoms with Crippen LogP contribution in [0.15, 0.2) is 43.0 Å². The highest BCUT2D eigenvalue weighted by molar-refractivity contribution is 7.16. The highest BCUT2D eigenvalue weighted by Crippen LogP contribution is 2.23. The zero-order valence-corrected chi connectivity index (χ0v) is 16.1. The lowest BCUT2D eigenvalue weighted by atomic mass is 10.1. The van der Waals surface area contributed by atoms with E-state index in [4.69, 9.17) is 16.3 Å². The summed E-state index contributed by atoms with van der Waals surface area (Å²) in [4.78, 5) is 37.2. The van der Waals surface area contributed by atoms with Crippen molar-refractivity contribution in [1.82, 2.24) is 4.90 Å². The van der Waals surface area contributed by atoms with Gasteiger partial charge in [-0.3, -0.25) is 14.9 Å². The molecule has 1 heterocycles. The van der Waals surface area contributed by atoms with Crippen molar-refractivity contribution in [1.29, 1.82) is 0 Å². The Bertz CT molecular complexity index is 880. The minimum atomic E-state index is -0.723. The molecule has 1 aromatic heterocycles. The van der Waals surface area contributed by atoms with E-state index in [1.165, 1.54) is 41.4 Å². The van der Waals surface area contributed by atoms with E-state index >= 15 is 0 Å². The number of esters is 1. The maximum Gasteiger partial charge on any atom is 0.338 e. The van der Waals surface area contributed by atoms with E-state index in [0.29, 0.717) is 23.0 Å². The summed E-state index contributed by atoms with van der Waals surface area (Å²) >= 11 is 7.26. The molecular formula is C18H17ClN2O5S. The Kier molecular flexibility index (Phi) is 7.09. The minimum absolute atomic E-state index is 0.0885. The number of carbonyl (C=O) groups excluding carboxylic acids is 2. The summed E-state index contributed by atoms with van der Waals surface area (Å²) in [6.45, 7) is 5.33. The van der Waals surface area contributed by atoms with Crippen molar-refractivity contribution in [2.24, 2.45) is 0 Å². The second kappa shape index (κ2) is 9.29. The van der Waals surface area contributed by atoms with Gasteiger partial charge in [0.1, 0.15) is 0 Å². The molecule has 1 aromatic carbocycles. The molecule has 0 aliphatic carbocycles. The first-order valence-electron chi connectivity index (χ1n) is 7.87. The molecule has 27 heavy (non-hydrogen) atoms. The highest BCUT2D eigenvalue weighted by atomic mass is 35.5. The second-order valence-electron chi connectivity index (χ2n) is 5.60. The minimum Gasteiger partial charge on any atom is -0.452 e. The first-order chi connectivity index (χ1) is 12.8. The van der Waals surface area contributed by atoms with E-state index in [0.717, 1.165) is 4.88 Å². The largest absolute Gasteiger partial charge is 0.452 e. The summed E-state index contributed by atoms with van der Waals surface area (Å²) in [6, 6.07) is 7.46. The topological polar surface area (TPSA) is 89.8 Å². The van der Waals surface area contributed by atoms with Gasteiger partial charge in [0.05, 0.1) is 21.4 Å². The van der Waals surface area contributed by atoms with Gasteiger partial charge in [0.2, 0.25) is 0 Å². The number of aryl methyl sites for hydroxylation is 1. The Morgan fingerprint density at radius 1 is 1.37 bits per heavy atom. The third-order valence-corrected chi connectivity index (χ3v) is 4.85. The fourth-order valence-corrected chi connectivity index (χ4v) is 3.43. The Hall–Kier alpha value is -2.71. The fourth-order valence-electron chi connectivity index (χ4n) is 2.32. The Morgan fingerprint density at radius 2 is 2.11 bits per heavy atom. The van der Waals surface area contributed by atoms with Gasteiger partial charge in [-0.25, -0.2) is 4.79 Å². The summed E-state index contributed by atoms with van der Waals surface area (Å²) < 4.78 is 5.68. The number of rotatable bonds is 8. The van der Waals surface area contributed by atoms with Gasteiger partial charge in [0.25, 0.3) is 11.6 Å². The van der Waals surface area contributed by atoms with Crippen LogP contribution in [0.1, 0.15) is 20.8 Å². The first kappa shape index (κ1) is 20.6. The summed E-state index contributed by atoms with van der Waals surface area (Å²) in [5.74, 6) is -1.11. The van der Waals surface area contributed by atoms with Crippen molar-refractivity contribution in [2.45, 2.75) is 13.5 Å². The van der Waals surface area contributed by atoms with Crippen LogP contribution in [0, 0.1) is 17.0 Å². The van der Waals surface area contributed by atoms with Gasteiger partial charge in [-0.15, -0.1) is 17.9 Å². The number of nitro groups is 1. The molecule has 2 rings (SSSR count). The molecule has 2 aromatic rings. The monoisotopic (exact) mass is 408 g/mol. The molecule has 0 unspecified atom stereocenters. The predicted molar refractivity (Wildman–Crippen MR) is 103 cm³/mol. The summed E-state index contributed by atoms with van der Waals surface area (Å²) in [6.07, 6.45) is 1.58. The Balaban J connectivity index is 1.99. The quantitative estimate of drug-likeness (QED) is 0.285. The molecule has 0 spiro atoms. The van der Waals surface area contributed by atoms with Crippen molar-refractivity contribution in [3.63, 3.8) is 0 Å². The number of thiophene rings is 1. The van der Waals surface area contributed by atoms with Gasteiger partial charge >= 0.3 is 5.97 Å². The Labute approximate surface area is 165 Å². The molecule has 142 valence electrons. The van der Waals surface area contributed by atoms with Crippen molar-refractivity contribution in [3.8, 4) is 0 Å². The molecule has 9 heteroatoms. The molecule has 0 aliphatic heterocycles. The number of hydrogen-bond donors (Lipinski definition) is 0. The molecule has 0 N–H and O–H groups in total. The summed E-state index contributed by atoms with van der Waals surface area (Å²) in [5.41, 5.74) is 0.393. The molecule has 0 saturated heterocycles. The number of nitro benzene ring substituents is 1. The van der Waals surface area contributed by atoms with Crippen LogP contribution >= 0.6 is 22.9 Å². The van der Waals surface area contributed by atoms with E-state index in [9.17, 15) is 19.7 Å². The molecule has 0 atom stereocenters. The van der Waals surface area contributed by atoms with Crippen molar-refractivity contribution >= 4 is 40.5 Å². The number of benzene rings is 1. The maximum atomic E-state index is 12.4. The van der Waals surface area contributed by atoms with Crippen LogP contribution < -0.4 is 0 Å². The average Bonchev–Trinajstić information content (AvgIpc) is 3.03. The number of halogens is 1. The zero-order chi connectivity index (χ0) is 20.0. The van der Waals surface area contributed by atoms with Crippen molar-refractivity contribution in [2.75, 3.05) is 13.2 Å². The van der Waals surface area contributed by atoms with Crippen LogP contribution in [0.25, 0.3) is 0 Å². The summed E-state index contributed by atoms with van der Waals surface area (Å²) in [7, 11) is 0. The lowest BCUT2D eigenvalue weighted by molar-refractivity contribution is -0.385. The molecule has 0 bridgehead atoms. The molecule has 7 nitrogen and oxygen atoms in total. The van der Waals surface area contributed by atoms with Gasteiger partial charge in [-0.2, -0.15) is 0 Å². The van der Waals surface area contributed by atoms with Crippen molar-refractivity contribution < 1.29 is 19.2 Å². The molecule has 0 saturated carbocycles. The molecule has 0 aliphatic rings. The number of nitrogens with zero attached hydrogens (tertiary/aromatic N) is 2. The molecule has 0 fully saturated rings. The fraction of sp³-hybridized carbons (Fsp3) is 0.222. The second-order valence-corrected chi connectivity index (χ2v) is 7.40. The van der Waals surface area contributed by atoms with E-state index in [-0.39, 0.29) is 17.2 Å². The normalized spacial score (nSPS) is 10.3. The van der Waals surface area contributed by atoms with Crippen LogP contribution in [0.5, 0.6) is 0 Å². The number of hydrogen-bond acceptors (Lipinski definition) is 6. The van der Waals surface area contributed by atoms with Gasteiger partial charge in [0.15, 0.2) is 6.61 Å². The molecule has 1 amide bonds. The van der Waals surface area contributed by atoms with Crippen LogP contribution in [-0.4, -0.2) is 34.9 Å². The van der Waals surface area contributed by atoms with Crippen LogP contribution in [0.2, 0.25) is 4.34 Å². The van der Waals surface area contributed by atoms with Gasteiger partial charge < -0.3 is 9.64 Å². The van der Waals surface area contributed by atoms with E-state index < -0.39 is 17.5 Å². The number of ether oxygens (including phenoxy) is 1. The predicted octanol–water partition coefficient (Wildman–Crippen LogP) is 3.99. The third-order valence-electron chi connectivity index (χ3n) is 3.63. The summed E-state index contributed by atoms with van der Waals surface area (Å²) in [5, 5.41) is 10.8. The molecule has 0 radical (unpaired) electrons. The lowest BCUT2D eigenvalue weighted by Gasteiger charge is -2.20. The zero-order valence-electron chi connectivity index (χ0n) is 14.5. The Morgan fingerprint density at radius 3 is 2.67 bits per heavy atom. The van der Waals surface area contributed by atoms with Gasteiger partial charge in [-0.1, -0.05) is 17.7 Å². The van der Waals surface area contributed by atoms with Crippen LogP contribution in [0.4, 0.5) is 5.69 Å². The SMILES string of the molecule is C=CCN(Cc1ccc(Cl)s1)C(=O)COC(=O)c1ccc([N+](=O)[O-])c(C)c1. The smallest absolute Gasteiger partial charge is 0.338 e. The van der Waals surface area contributed by atoms with Crippen molar-refractivity contribution in [3.05, 3.63) is 73.4 Å². The average molecular weight is 409 g/mol. The van der Waals surface area contributed by atoms with Gasteiger partial charge in [0, 0.05) is 23.1 Å². The first-order valence-corrected chi connectivity index (χ1v) is 9.06. The molecular weight excluding hydrogens is 392 g/mol. The lowest BCUT2D eigenvalue weighted by Crippen LogP contribution is -2.34.